The summed E-state index contributed by atoms with van der Waals surface area (Å²) in [5.41, 5.74) is 2.54. The van der Waals surface area contributed by atoms with Crippen LogP contribution in [0.2, 0.25) is 0 Å². The number of nitrogens with one attached hydrogen (secondary N) is 1. The van der Waals surface area contributed by atoms with Crippen LogP contribution >= 0.6 is 11.3 Å². The summed E-state index contributed by atoms with van der Waals surface area (Å²) in [6.45, 7) is 3.48. The van der Waals surface area contributed by atoms with E-state index in [2.05, 4.69) is 5.32 Å². The molecule has 0 saturated carbocycles. The predicted octanol–water partition coefficient (Wildman–Crippen LogP) is 3.95. The summed E-state index contributed by atoms with van der Waals surface area (Å²) >= 11 is 1.45. The van der Waals surface area contributed by atoms with Gasteiger partial charge < -0.3 is 19.6 Å². The van der Waals surface area contributed by atoms with Gasteiger partial charge in [-0.05, 0) is 62.8 Å². The SMILES string of the molecule is CCOC(=O)c1c(NC(=O)COc2ccc(CCC(C)=O)cc2)sc2c1CCC2. The van der Waals surface area contributed by atoms with Crippen LogP contribution in [0.15, 0.2) is 24.3 Å². The molecule has 1 aliphatic rings. The zero-order chi connectivity index (χ0) is 20.8. The number of carbonyl (C=O) groups excluding carboxylic acids is 3. The van der Waals surface area contributed by atoms with Gasteiger partial charge in [0.25, 0.3) is 5.91 Å². The molecule has 1 aromatic heterocycles. The second kappa shape index (κ2) is 9.69. The molecule has 0 spiro atoms. The van der Waals surface area contributed by atoms with Gasteiger partial charge in [0.1, 0.15) is 16.5 Å². The number of aryl methyl sites for hydroxylation is 2. The van der Waals surface area contributed by atoms with E-state index >= 15 is 0 Å². The van der Waals surface area contributed by atoms with Crippen molar-refractivity contribution in [1.29, 1.82) is 0 Å². The van der Waals surface area contributed by atoms with Gasteiger partial charge >= 0.3 is 5.97 Å². The van der Waals surface area contributed by atoms with Gasteiger partial charge in [0.15, 0.2) is 6.61 Å². The third kappa shape index (κ3) is 5.44. The number of ether oxygens (including phenoxy) is 2. The second-order valence-electron chi connectivity index (χ2n) is 6.96. The van der Waals surface area contributed by atoms with E-state index < -0.39 is 0 Å². The fourth-order valence-electron chi connectivity index (χ4n) is 3.30. The van der Waals surface area contributed by atoms with Crippen molar-refractivity contribution < 1.29 is 23.9 Å². The summed E-state index contributed by atoms with van der Waals surface area (Å²) < 4.78 is 10.7. The van der Waals surface area contributed by atoms with Crippen LogP contribution in [0.5, 0.6) is 5.75 Å². The van der Waals surface area contributed by atoms with Crippen molar-refractivity contribution in [1.82, 2.24) is 0 Å². The molecule has 0 atom stereocenters. The molecule has 1 amide bonds. The molecule has 1 heterocycles. The molecule has 154 valence electrons. The summed E-state index contributed by atoms with van der Waals surface area (Å²) in [4.78, 5) is 36.9. The summed E-state index contributed by atoms with van der Waals surface area (Å²) in [7, 11) is 0. The lowest BCUT2D eigenvalue weighted by Crippen LogP contribution is -2.21. The van der Waals surface area contributed by atoms with E-state index in [1.54, 1.807) is 26.0 Å². The van der Waals surface area contributed by atoms with E-state index in [0.717, 1.165) is 35.3 Å². The van der Waals surface area contributed by atoms with Gasteiger partial charge in [-0.25, -0.2) is 4.79 Å². The first kappa shape index (κ1) is 21.0. The number of thiophene rings is 1. The van der Waals surface area contributed by atoms with E-state index in [1.165, 1.54) is 11.3 Å². The average molecular weight is 416 g/mol. The minimum atomic E-state index is -0.385. The monoisotopic (exact) mass is 415 g/mol. The fourth-order valence-corrected chi connectivity index (χ4v) is 4.59. The molecule has 1 N–H and O–H groups in total. The topological polar surface area (TPSA) is 81.7 Å². The van der Waals surface area contributed by atoms with Crippen molar-refractivity contribution in [2.75, 3.05) is 18.5 Å². The number of Topliss-reactive ketones (excluding diaryl/α,β-unsaturated/α-hetero) is 1. The fraction of sp³-hybridized carbons (Fsp3) is 0.409. The molecule has 0 radical (unpaired) electrons. The number of amides is 1. The highest BCUT2D eigenvalue weighted by atomic mass is 32.1. The van der Waals surface area contributed by atoms with Crippen LogP contribution in [-0.2, 0) is 33.6 Å². The van der Waals surface area contributed by atoms with Crippen LogP contribution in [0.3, 0.4) is 0 Å². The first-order valence-corrected chi connectivity index (χ1v) is 10.6. The Hall–Kier alpha value is -2.67. The van der Waals surface area contributed by atoms with Gasteiger partial charge in [0.05, 0.1) is 12.2 Å². The Morgan fingerprint density at radius 2 is 1.90 bits per heavy atom. The van der Waals surface area contributed by atoms with Gasteiger partial charge in [0.2, 0.25) is 0 Å². The number of carbonyl (C=O) groups is 3. The molecule has 0 aliphatic heterocycles. The summed E-state index contributed by atoms with van der Waals surface area (Å²) in [5, 5.41) is 3.35. The van der Waals surface area contributed by atoms with Crippen molar-refractivity contribution >= 4 is 34.0 Å². The van der Waals surface area contributed by atoms with Crippen molar-refractivity contribution in [3.05, 3.63) is 45.8 Å². The number of benzene rings is 1. The van der Waals surface area contributed by atoms with Gasteiger partial charge in [-0.3, -0.25) is 4.79 Å². The van der Waals surface area contributed by atoms with Gasteiger partial charge in [0, 0.05) is 11.3 Å². The zero-order valence-electron chi connectivity index (χ0n) is 16.7. The highest BCUT2D eigenvalue weighted by Gasteiger charge is 2.28. The Kier molecular flexibility index (Phi) is 7.04. The number of esters is 1. The maximum atomic E-state index is 12.4. The third-order valence-electron chi connectivity index (χ3n) is 4.71. The van der Waals surface area contributed by atoms with E-state index in [1.807, 2.05) is 12.1 Å². The van der Waals surface area contributed by atoms with Crippen LogP contribution in [-0.4, -0.2) is 30.9 Å². The molecule has 1 aliphatic carbocycles. The minimum Gasteiger partial charge on any atom is -0.484 e. The van der Waals surface area contributed by atoms with Gasteiger partial charge in [-0.1, -0.05) is 12.1 Å². The number of fused-ring (bicyclic) bond motifs is 1. The molecule has 29 heavy (non-hydrogen) atoms. The molecule has 7 heteroatoms. The number of ketones is 1. The van der Waals surface area contributed by atoms with E-state index in [-0.39, 0.29) is 24.3 Å². The Labute approximate surface area is 174 Å². The van der Waals surface area contributed by atoms with Gasteiger partial charge in [-0.2, -0.15) is 0 Å². The predicted molar refractivity (Wildman–Crippen MR) is 112 cm³/mol. The zero-order valence-corrected chi connectivity index (χ0v) is 17.5. The third-order valence-corrected chi connectivity index (χ3v) is 5.92. The lowest BCUT2D eigenvalue weighted by atomic mass is 10.1. The molecule has 0 saturated heterocycles. The van der Waals surface area contributed by atoms with E-state index in [9.17, 15) is 14.4 Å². The molecule has 1 aromatic carbocycles. The molecule has 6 nitrogen and oxygen atoms in total. The van der Waals surface area contributed by atoms with E-state index in [0.29, 0.717) is 35.8 Å². The number of hydrogen-bond acceptors (Lipinski definition) is 6. The second-order valence-corrected chi connectivity index (χ2v) is 8.07. The molecule has 3 rings (SSSR count). The van der Waals surface area contributed by atoms with Crippen LogP contribution < -0.4 is 10.1 Å². The van der Waals surface area contributed by atoms with Crippen LogP contribution in [0.25, 0.3) is 0 Å². The lowest BCUT2D eigenvalue weighted by molar-refractivity contribution is -0.118. The molecular formula is C22H25NO5S. The Morgan fingerprint density at radius 3 is 2.59 bits per heavy atom. The molecule has 0 unspecified atom stereocenters. The lowest BCUT2D eigenvalue weighted by Gasteiger charge is -2.09. The summed E-state index contributed by atoms with van der Waals surface area (Å²) in [5.74, 6) is 0.0233. The quantitative estimate of drug-likeness (QED) is 0.627. The van der Waals surface area contributed by atoms with Crippen LogP contribution in [0.1, 0.15) is 53.1 Å². The molecule has 2 aromatic rings. The van der Waals surface area contributed by atoms with Crippen molar-refractivity contribution in [2.45, 2.75) is 46.0 Å². The van der Waals surface area contributed by atoms with Crippen molar-refractivity contribution in [3.63, 3.8) is 0 Å². The first-order chi connectivity index (χ1) is 14.0. The molecule has 0 fully saturated rings. The molecular weight excluding hydrogens is 390 g/mol. The number of rotatable bonds is 9. The van der Waals surface area contributed by atoms with E-state index in [4.69, 9.17) is 9.47 Å². The van der Waals surface area contributed by atoms with Crippen molar-refractivity contribution in [2.24, 2.45) is 0 Å². The maximum Gasteiger partial charge on any atom is 0.341 e. The Morgan fingerprint density at radius 1 is 1.14 bits per heavy atom. The van der Waals surface area contributed by atoms with Gasteiger partial charge in [-0.15, -0.1) is 11.3 Å². The summed E-state index contributed by atoms with van der Waals surface area (Å²) in [6, 6.07) is 7.34. The minimum absolute atomic E-state index is 0.155. The molecule has 0 bridgehead atoms. The van der Waals surface area contributed by atoms with Crippen LogP contribution in [0.4, 0.5) is 5.00 Å². The average Bonchev–Trinajstić information content (AvgIpc) is 3.26. The Bertz CT molecular complexity index is 901. The maximum absolute atomic E-state index is 12.4. The normalized spacial score (nSPS) is 12.3. The highest BCUT2D eigenvalue weighted by molar-refractivity contribution is 7.17. The smallest absolute Gasteiger partial charge is 0.341 e. The number of hydrogen-bond donors (Lipinski definition) is 1. The largest absolute Gasteiger partial charge is 0.484 e. The number of anilines is 1. The first-order valence-electron chi connectivity index (χ1n) is 9.80. The highest BCUT2D eigenvalue weighted by Crippen LogP contribution is 2.39. The van der Waals surface area contributed by atoms with Crippen molar-refractivity contribution in [3.8, 4) is 5.75 Å². The summed E-state index contributed by atoms with van der Waals surface area (Å²) in [6.07, 6.45) is 3.98. The Balaban J connectivity index is 1.59. The van der Waals surface area contributed by atoms with Crippen LogP contribution in [0, 0.1) is 0 Å². The standard InChI is InChI=1S/C22H25NO5S/c1-3-27-22(26)20-17-5-4-6-18(17)29-21(20)23-19(25)13-28-16-11-9-15(10-12-16)8-7-14(2)24/h9-12H,3-8,13H2,1-2H3,(H,23,25).